The summed E-state index contributed by atoms with van der Waals surface area (Å²) in [6.07, 6.45) is 0. The van der Waals surface area contributed by atoms with Crippen molar-refractivity contribution in [3.8, 4) is 0 Å². The lowest BCUT2D eigenvalue weighted by atomic mass is 10.1. The van der Waals surface area contributed by atoms with E-state index >= 15 is 0 Å². The Labute approximate surface area is 181 Å². The molecule has 2 N–H and O–H groups in total. The van der Waals surface area contributed by atoms with Crippen LogP contribution < -0.4 is 15.1 Å². The maximum atomic E-state index is 12.6. The third-order valence-electron chi connectivity index (χ3n) is 5.62. The number of hydrogen-bond acceptors (Lipinski definition) is 4. The van der Waals surface area contributed by atoms with Crippen molar-refractivity contribution in [3.63, 3.8) is 0 Å². The third-order valence-corrected chi connectivity index (χ3v) is 5.62. The summed E-state index contributed by atoms with van der Waals surface area (Å²) in [7, 11) is 0. The summed E-state index contributed by atoms with van der Waals surface area (Å²) in [6.45, 7) is 4.95. The van der Waals surface area contributed by atoms with Gasteiger partial charge in [-0.15, -0.1) is 0 Å². The van der Waals surface area contributed by atoms with Crippen LogP contribution in [0.4, 0.5) is 17.1 Å². The lowest BCUT2D eigenvalue weighted by Crippen LogP contribution is -2.47. The van der Waals surface area contributed by atoms with Gasteiger partial charge in [0.15, 0.2) is 0 Å². The van der Waals surface area contributed by atoms with Crippen molar-refractivity contribution in [3.05, 3.63) is 89.5 Å². The van der Waals surface area contributed by atoms with E-state index in [2.05, 4.69) is 27.2 Å². The number of aryl methyl sites for hydroxylation is 1. The van der Waals surface area contributed by atoms with Gasteiger partial charge >= 0.3 is 5.97 Å². The normalized spacial score (nSPS) is 13.7. The quantitative estimate of drug-likeness (QED) is 0.651. The minimum Gasteiger partial charge on any atom is -0.478 e. The molecule has 3 aromatic carbocycles. The molecule has 0 radical (unpaired) electrons. The number of carboxylic acid groups (broad SMARTS) is 1. The summed E-state index contributed by atoms with van der Waals surface area (Å²) >= 11 is 0. The second-order valence-electron chi connectivity index (χ2n) is 7.62. The number of carbonyl (C=O) groups excluding carboxylic acids is 1. The van der Waals surface area contributed by atoms with Crippen LogP contribution in [-0.2, 0) is 0 Å². The van der Waals surface area contributed by atoms with Crippen LogP contribution in [0.1, 0.15) is 26.3 Å². The van der Waals surface area contributed by atoms with Gasteiger partial charge in [0, 0.05) is 43.1 Å². The smallest absolute Gasteiger partial charge is 0.337 e. The number of para-hydroxylation sites is 1. The number of nitrogens with zero attached hydrogens (tertiary/aromatic N) is 2. The predicted octanol–water partition coefficient (Wildman–Crippen LogP) is 4.27. The Hall–Kier alpha value is -3.80. The average molecular weight is 415 g/mol. The van der Waals surface area contributed by atoms with E-state index in [9.17, 15) is 14.7 Å². The summed E-state index contributed by atoms with van der Waals surface area (Å²) in [5, 5.41) is 12.6. The van der Waals surface area contributed by atoms with E-state index in [0.717, 1.165) is 31.7 Å². The number of carbonyl (C=O) groups is 2. The standard InChI is InChI=1S/C25H25N3O3/c1-18-7-5-6-10-21(18)24(29)26-19-11-12-23(22(17-19)25(30)31)28-15-13-27(14-16-28)20-8-3-2-4-9-20/h2-12,17H,13-16H2,1H3,(H,26,29)(H,30,31). The van der Waals surface area contributed by atoms with Gasteiger partial charge in [-0.25, -0.2) is 4.79 Å². The van der Waals surface area contributed by atoms with Crippen LogP contribution in [-0.4, -0.2) is 43.2 Å². The lowest BCUT2D eigenvalue weighted by molar-refractivity contribution is 0.0697. The molecule has 0 bridgehead atoms. The molecule has 3 aromatic rings. The number of benzene rings is 3. The number of aromatic carboxylic acids is 1. The SMILES string of the molecule is Cc1ccccc1C(=O)Nc1ccc(N2CCN(c3ccccc3)CC2)c(C(=O)O)c1. The number of carboxylic acids is 1. The van der Waals surface area contributed by atoms with E-state index in [1.165, 1.54) is 11.8 Å². The van der Waals surface area contributed by atoms with E-state index in [1.54, 1.807) is 18.2 Å². The van der Waals surface area contributed by atoms with Crippen LogP contribution in [0.3, 0.4) is 0 Å². The molecular formula is C25H25N3O3. The molecular weight excluding hydrogens is 390 g/mol. The first-order chi connectivity index (χ1) is 15.0. The molecule has 31 heavy (non-hydrogen) atoms. The van der Waals surface area contributed by atoms with Crippen LogP contribution >= 0.6 is 0 Å². The van der Waals surface area contributed by atoms with Crippen molar-refractivity contribution in [2.45, 2.75) is 6.92 Å². The average Bonchev–Trinajstić information content (AvgIpc) is 2.80. The minimum absolute atomic E-state index is 0.191. The highest BCUT2D eigenvalue weighted by molar-refractivity contribution is 6.06. The van der Waals surface area contributed by atoms with Gasteiger partial charge in [-0.05, 0) is 48.9 Å². The molecule has 6 heteroatoms. The van der Waals surface area contributed by atoms with Crippen molar-refractivity contribution in [2.24, 2.45) is 0 Å². The number of amides is 1. The molecule has 1 heterocycles. The molecule has 6 nitrogen and oxygen atoms in total. The second-order valence-corrected chi connectivity index (χ2v) is 7.62. The Bertz CT molecular complexity index is 1090. The molecule has 0 atom stereocenters. The van der Waals surface area contributed by atoms with Crippen LogP contribution in [0.25, 0.3) is 0 Å². The topological polar surface area (TPSA) is 72.9 Å². The lowest BCUT2D eigenvalue weighted by Gasteiger charge is -2.38. The monoisotopic (exact) mass is 415 g/mol. The van der Waals surface area contributed by atoms with Crippen LogP contribution in [0.15, 0.2) is 72.8 Å². The number of nitrogens with one attached hydrogen (secondary N) is 1. The molecule has 1 aliphatic rings. The van der Waals surface area contributed by atoms with E-state index in [1.807, 2.05) is 43.3 Å². The van der Waals surface area contributed by atoms with Crippen LogP contribution in [0, 0.1) is 6.92 Å². The molecule has 0 spiro atoms. The molecule has 158 valence electrons. The van der Waals surface area contributed by atoms with Gasteiger partial charge in [-0.2, -0.15) is 0 Å². The number of anilines is 3. The number of rotatable bonds is 5. The van der Waals surface area contributed by atoms with Gasteiger partial charge < -0.3 is 20.2 Å². The number of piperazine rings is 1. The summed E-state index contributed by atoms with van der Waals surface area (Å²) in [5.74, 6) is -1.26. The summed E-state index contributed by atoms with van der Waals surface area (Å²) in [5.41, 5.74) is 3.95. The molecule has 0 aliphatic carbocycles. The first-order valence-electron chi connectivity index (χ1n) is 10.3. The Morgan fingerprint density at radius 2 is 1.45 bits per heavy atom. The fourth-order valence-electron chi connectivity index (χ4n) is 3.93. The molecule has 1 amide bonds. The van der Waals surface area contributed by atoms with E-state index in [0.29, 0.717) is 16.9 Å². The van der Waals surface area contributed by atoms with Gasteiger partial charge in [-0.1, -0.05) is 36.4 Å². The van der Waals surface area contributed by atoms with Crippen molar-refractivity contribution < 1.29 is 14.7 Å². The van der Waals surface area contributed by atoms with Gasteiger partial charge in [0.2, 0.25) is 0 Å². The maximum Gasteiger partial charge on any atom is 0.337 e. The summed E-state index contributed by atoms with van der Waals surface area (Å²) < 4.78 is 0. The molecule has 0 unspecified atom stereocenters. The molecule has 1 fully saturated rings. The van der Waals surface area contributed by atoms with E-state index < -0.39 is 5.97 Å². The highest BCUT2D eigenvalue weighted by Gasteiger charge is 2.22. The maximum absolute atomic E-state index is 12.6. The van der Waals surface area contributed by atoms with Crippen LogP contribution in [0.5, 0.6) is 0 Å². The van der Waals surface area contributed by atoms with E-state index in [-0.39, 0.29) is 11.5 Å². The van der Waals surface area contributed by atoms with Gasteiger partial charge in [0.1, 0.15) is 0 Å². The minimum atomic E-state index is -1.01. The van der Waals surface area contributed by atoms with Crippen LogP contribution in [0.2, 0.25) is 0 Å². The Kier molecular flexibility index (Phi) is 5.89. The zero-order chi connectivity index (χ0) is 21.8. The Morgan fingerprint density at radius 3 is 2.13 bits per heavy atom. The van der Waals surface area contributed by atoms with Gasteiger partial charge in [0.25, 0.3) is 5.91 Å². The van der Waals surface area contributed by atoms with E-state index in [4.69, 9.17) is 0 Å². The zero-order valence-electron chi connectivity index (χ0n) is 17.4. The summed E-state index contributed by atoms with van der Waals surface area (Å²) in [6, 6.07) is 22.6. The van der Waals surface area contributed by atoms with Crippen molar-refractivity contribution in [1.29, 1.82) is 0 Å². The zero-order valence-corrected chi connectivity index (χ0v) is 17.4. The fourth-order valence-corrected chi connectivity index (χ4v) is 3.93. The van der Waals surface area contributed by atoms with Crippen molar-refractivity contribution in [2.75, 3.05) is 41.3 Å². The largest absolute Gasteiger partial charge is 0.478 e. The Balaban J connectivity index is 1.50. The van der Waals surface area contributed by atoms with Crippen molar-refractivity contribution in [1.82, 2.24) is 0 Å². The van der Waals surface area contributed by atoms with Gasteiger partial charge in [0.05, 0.1) is 11.3 Å². The predicted molar refractivity (Wildman–Crippen MR) is 123 cm³/mol. The first-order valence-corrected chi connectivity index (χ1v) is 10.3. The molecule has 0 aromatic heterocycles. The molecule has 4 rings (SSSR count). The molecule has 1 aliphatic heterocycles. The Morgan fingerprint density at radius 1 is 0.806 bits per heavy atom. The first kappa shape index (κ1) is 20.5. The highest BCUT2D eigenvalue weighted by Crippen LogP contribution is 2.27. The fraction of sp³-hybridized carbons (Fsp3) is 0.200. The van der Waals surface area contributed by atoms with Crippen molar-refractivity contribution >= 4 is 28.9 Å². The van der Waals surface area contributed by atoms with Gasteiger partial charge in [-0.3, -0.25) is 4.79 Å². The number of hydrogen-bond donors (Lipinski definition) is 2. The second kappa shape index (κ2) is 8.92. The highest BCUT2D eigenvalue weighted by atomic mass is 16.4. The third kappa shape index (κ3) is 4.53. The molecule has 1 saturated heterocycles. The summed E-state index contributed by atoms with van der Waals surface area (Å²) in [4.78, 5) is 29.0. The molecule has 0 saturated carbocycles.